The van der Waals surface area contributed by atoms with E-state index in [0.717, 1.165) is 10.7 Å². The van der Waals surface area contributed by atoms with Crippen LogP contribution in [0.1, 0.15) is 15.6 Å². The Bertz CT molecular complexity index is 527. The average molecular weight is 283 g/mol. The topological polar surface area (TPSA) is 22.1 Å². The lowest BCUT2D eigenvalue weighted by Crippen LogP contribution is -2.02. The molecule has 0 radical (unpaired) electrons. The molecule has 0 unspecified atom stereocenters. The highest BCUT2D eigenvalue weighted by Gasteiger charge is 2.07. The Morgan fingerprint density at radius 3 is 2.83 bits per heavy atom. The Morgan fingerprint density at radius 1 is 1.39 bits per heavy atom. The summed E-state index contributed by atoms with van der Waals surface area (Å²) in [6.07, 6.45) is 0.688. The van der Waals surface area contributed by atoms with Gasteiger partial charge in [-0.2, -0.15) is 12.6 Å². The third-order valence-electron chi connectivity index (χ3n) is 2.49. The molecule has 0 aliphatic heterocycles. The van der Waals surface area contributed by atoms with Gasteiger partial charge in [0.15, 0.2) is 11.6 Å². The lowest BCUT2D eigenvalue weighted by Gasteiger charge is -2.05. The third-order valence-corrected chi connectivity index (χ3v) is 4.24. The van der Waals surface area contributed by atoms with Gasteiger partial charge in [-0.15, -0.1) is 11.3 Å². The molecular formula is C13H14FNOS2. The summed E-state index contributed by atoms with van der Waals surface area (Å²) in [6, 6.07) is 6.42. The maximum absolute atomic E-state index is 13.3. The molecule has 18 heavy (non-hydrogen) atoms. The zero-order valence-electron chi connectivity index (χ0n) is 10.0. The van der Waals surface area contributed by atoms with E-state index in [1.54, 1.807) is 29.5 Å². The monoisotopic (exact) mass is 283 g/mol. The van der Waals surface area contributed by atoms with E-state index < -0.39 is 0 Å². The van der Waals surface area contributed by atoms with Gasteiger partial charge in [0, 0.05) is 17.1 Å². The number of ether oxygens (including phenoxy) is 1. The molecule has 2 aromatic rings. The van der Waals surface area contributed by atoms with Crippen LogP contribution in [-0.2, 0) is 12.2 Å². The fourth-order valence-electron chi connectivity index (χ4n) is 1.55. The van der Waals surface area contributed by atoms with Crippen LogP contribution >= 0.6 is 24.0 Å². The number of rotatable bonds is 5. The van der Waals surface area contributed by atoms with Crippen molar-refractivity contribution >= 4 is 24.0 Å². The first-order chi connectivity index (χ1) is 8.70. The van der Waals surface area contributed by atoms with Crippen LogP contribution in [-0.4, -0.2) is 11.6 Å². The van der Waals surface area contributed by atoms with E-state index >= 15 is 0 Å². The maximum atomic E-state index is 13.3. The minimum atomic E-state index is -0.330. The summed E-state index contributed by atoms with van der Waals surface area (Å²) < 4.78 is 18.7. The van der Waals surface area contributed by atoms with Crippen LogP contribution in [0.5, 0.6) is 5.75 Å². The highest BCUT2D eigenvalue weighted by atomic mass is 32.1. The van der Waals surface area contributed by atoms with E-state index in [0.29, 0.717) is 24.5 Å². The molecule has 0 bridgehead atoms. The molecule has 0 fully saturated rings. The second-order valence-electron chi connectivity index (χ2n) is 3.80. The van der Waals surface area contributed by atoms with Crippen molar-refractivity contribution in [3.8, 4) is 5.75 Å². The van der Waals surface area contributed by atoms with Crippen molar-refractivity contribution in [1.82, 2.24) is 4.98 Å². The lowest BCUT2D eigenvalue weighted by molar-refractivity contribution is 0.305. The van der Waals surface area contributed by atoms with Gasteiger partial charge in [-0.05, 0) is 19.1 Å². The largest absolute Gasteiger partial charge is 0.490 e. The second kappa shape index (κ2) is 6.20. The number of benzene rings is 1. The van der Waals surface area contributed by atoms with Gasteiger partial charge in [0.05, 0.1) is 17.3 Å². The Balaban J connectivity index is 1.90. The SMILES string of the molecule is Cc1nc(CCOc2ccccc2F)sc1CS. The van der Waals surface area contributed by atoms with E-state index in [1.807, 2.05) is 6.92 Å². The first-order valence-corrected chi connectivity index (χ1v) is 7.09. The third kappa shape index (κ3) is 3.23. The summed E-state index contributed by atoms with van der Waals surface area (Å²) in [5.41, 5.74) is 1.02. The summed E-state index contributed by atoms with van der Waals surface area (Å²) in [4.78, 5) is 5.61. The van der Waals surface area contributed by atoms with Gasteiger partial charge in [0.1, 0.15) is 0 Å². The zero-order valence-corrected chi connectivity index (χ0v) is 11.7. The van der Waals surface area contributed by atoms with Crippen LogP contribution in [0.25, 0.3) is 0 Å². The lowest BCUT2D eigenvalue weighted by atomic mass is 10.3. The number of thiazole rings is 1. The van der Waals surface area contributed by atoms with Gasteiger partial charge in [-0.1, -0.05) is 12.1 Å². The highest BCUT2D eigenvalue weighted by molar-refractivity contribution is 7.79. The average Bonchev–Trinajstić information content (AvgIpc) is 2.72. The van der Waals surface area contributed by atoms with Crippen molar-refractivity contribution < 1.29 is 9.13 Å². The number of hydrogen-bond acceptors (Lipinski definition) is 4. The second-order valence-corrected chi connectivity index (χ2v) is 5.29. The standard InChI is InChI=1S/C13H14FNOS2/c1-9-12(8-17)18-13(15-9)6-7-16-11-5-3-2-4-10(11)14/h2-5,17H,6-8H2,1H3. The van der Waals surface area contributed by atoms with Crippen LogP contribution in [0.3, 0.4) is 0 Å². The van der Waals surface area contributed by atoms with Gasteiger partial charge in [-0.25, -0.2) is 9.37 Å². The van der Waals surface area contributed by atoms with Crippen LogP contribution < -0.4 is 4.74 Å². The van der Waals surface area contributed by atoms with Crippen molar-refractivity contribution in [1.29, 1.82) is 0 Å². The van der Waals surface area contributed by atoms with Crippen LogP contribution in [0.15, 0.2) is 24.3 Å². The number of para-hydroxylation sites is 1. The van der Waals surface area contributed by atoms with Gasteiger partial charge in [-0.3, -0.25) is 0 Å². The molecule has 0 aliphatic carbocycles. The zero-order chi connectivity index (χ0) is 13.0. The molecule has 0 atom stereocenters. The highest BCUT2D eigenvalue weighted by Crippen LogP contribution is 2.21. The van der Waals surface area contributed by atoms with E-state index in [-0.39, 0.29) is 5.82 Å². The van der Waals surface area contributed by atoms with Gasteiger partial charge < -0.3 is 4.74 Å². The molecule has 2 rings (SSSR count). The Hall–Kier alpha value is -1.07. The number of aryl methyl sites for hydroxylation is 1. The first kappa shape index (κ1) is 13.4. The first-order valence-electron chi connectivity index (χ1n) is 5.64. The van der Waals surface area contributed by atoms with E-state index in [2.05, 4.69) is 17.6 Å². The fraction of sp³-hybridized carbons (Fsp3) is 0.308. The minimum absolute atomic E-state index is 0.292. The van der Waals surface area contributed by atoms with Gasteiger partial charge in [0.2, 0.25) is 0 Å². The molecule has 5 heteroatoms. The molecule has 1 aromatic heterocycles. The van der Waals surface area contributed by atoms with Crippen molar-refractivity contribution in [2.24, 2.45) is 0 Å². The smallest absolute Gasteiger partial charge is 0.165 e. The van der Waals surface area contributed by atoms with Crippen LogP contribution in [0.4, 0.5) is 4.39 Å². The summed E-state index contributed by atoms with van der Waals surface area (Å²) in [6.45, 7) is 2.41. The van der Waals surface area contributed by atoms with E-state index in [1.165, 1.54) is 10.9 Å². The maximum Gasteiger partial charge on any atom is 0.165 e. The molecule has 2 nitrogen and oxygen atoms in total. The van der Waals surface area contributed by atoms with Crippen molar-refractivity contribution in [3.63, 3.8) is 0 Å². The predicted octanol–water partition coefficient (Wildman–Crippen LogP) is 3.64. The molecule has 0 saturated heterocycles. The number of thiol groups is 1. The predicted molar refractivity (Wildman–Crippen MR) is 75.1 cm³/mol. The Kier molecular flexibility index (Phi) is 4.60. The Morgan fingerprint density at radius 2 is 2.17 bits per heavy atom. The van der Waals surface area contributed by atoms with Crippen molar-refractivity contribution in [2.75, 3.05) is 6.61 Å². The molecule has 0 aliphatic rings. The number of aromatic nitrogens is 1. The molecule has 0 spiro atoms. The molecule has 1 heterocycles. The van der Waals surface area contributed by atoms with Crippen molar-refractivity contribution in [3.05, 3.63) is 45.7 Å². The number of nitrogens with zero attached hydrogens (tertiary/aromatic N) is 1. The normalized spacial score (nSPS) is 10.6. The summed E-state index contributed by atoms with van der Waals surface area (Å²) in [5, 5.41) is 1.01. The van der Waals surface area contributed by atoms with Crippen molar-refractivity contribution in [2.45, 2.75) is 19.1 Å². The molecule has 0 saturated carbocycles. The van der Waals surface area contributed by atoms with E-state index in [4.69, 9.17) is 4.74 Å². The van der Waals surface area contributed by atoms with Crippen LogP contribution in [0.2, 0.25) is 0 Å². The fourth-order valence-corrected chi connectivity index (χ4v) is 2.88. The Labute approximate surface area is 115 Å². The molecule has 0 amide bonds. The summed E-state index contributed by atoms with van der Waals surface area (Å²) in [7, 11) is 0. The number of hydrogen-bond donors (Lipinski definition) is 1. The summed E-state index contributed by atoms with van der Waals surface area (Å²) >= 11 is 5.88. The molecule has 0 N–H and O–H groups in total. The summed E-state index contributed by atoms with van der Waals surface area (Å²) in [5.74, 6) is 0.668. The molecule has 96 valence electrons. The quantitative estimate of drug-likeness (QED) is 0.846. The van der Waals surface area contributed by atoms with Gasteiger partial charge in [0.25, 0.3) is 0 Å². The minimum Gasteiger partial charge on any atom is -0.490 e. The number of halogens is 1. The molecule has 1 aromatic carbocycles. The molecular weight excluding hydrogens is 269 g/mol. The van der Waals surface area contributed by atoms with Gasteiger partial charge >= 0.3 is 0 Å². The van der Waals surface area contributed by atoms with Crippen LogP contribution in [0, 0.1) is 12.7 Å². The van der Waals surface area contributed by atoms with E-state index in [9.17, 15) is 4.39 Å².